The third kappa shape index (κ3) is 3.80. The summed E-state index contributed by atoms with van der Waals surface area (Å²) in [6.07, 6.45) is 5.25. The molecule has 0 saturated heterocycles. The number of esters is 1. The van der Waals surface area contributed by atoms with Gasteiger partial charge in [0.25, 0.3) is 0 Å². The Morgan fingerprint density at radius 2 is 1.35 bits per heavy atom. The molecule has 3 rings (SSSR count). The van der Waals surface area contributed by atoms with Crippen LogP contribution in [0.2, 0.25) is 0 Å². The number of ether oxygens (including phenoxy) is 1. The summed E-state index contributed by atoms with van der Waals surface area (Å²) < 4.78 is 5.61. The maximum absolute atomic E-state index is 12.3. The van der Waals surface area contributed by atoms with Gasteiger partial charge in [-0.3, -0.25) is 4.79 Å². The third-order valence-electron chi connectivity index (χ3n) is 3.69. The van der Waals surface area contributed by atoms with E-state index in [9.17, 15) is 9.90 Å². The van der Waals surface area contributed by atoms with Crippen molar-refractivity contribution in [2.75, 3.05) is 0 Å². The van der Waals surface area contributed by atoms with Gasteiger partial charge in [-0.15, -0.1) is 0 Å². The van der Waals surface area contributed by atoms with Gasteiger partial charge in [0, 0.05) is 0 Å². The fourth-order valence-electron chi connectivity index (χ4n) is 2.48. The molecular formula is C20H17O3. The second-order valence-electron chi connectivity index (χ2n) is 5.27. The summed E-state index contributed by atoms with van der Waals surface area (Å²) >= 11 is 0. The summed E-state index contributed by atoms with van der Waals surface area (Å²) in [6.45, 7) is 0. The summed E-state index contributed by atoms with van der Waals surface area (Å²) in [5.41, 5.74) is 1.46. The molecular weight excluding hydrogens is 288 g/mol. The zero-order chi connectivity index (χ0) is 16.1. The maximum Gasteiger partial charge on any atom is 0.314 e. The lowest BCUT2D eigenvalue weighted by atomic mass is 9.98. The first-order valence-corrected chi connectivity index (χ1v) is 7.46. The summed E-state index contributed by atoms with van der Waals surface area (Å²) in [6, 6.07) is 18.5. The van der Waals surface area contributed by atoms with Gasteiger partial charge in [0.05, 0.1) is 5.92 Å². The first-order chi connectivity index (χ1) is 11.3. The molecule has 2 atom stereocenters. The molecule has 0 heterocycles. The van der Waals surface area contributed by atoms with Crippen LogP contribution in [0.3, 0.4) is 0 Å². The van der Waals surface area contributed by atoms with Crippen LogP contribution in [0.1, 0.15) is 23.3 Å². The van der Waals surface area contributed by atoms with E-state index in [1.165, 1.54) is 0 Å². The minimum absolute atomic E-state index is 0.446. The highest BCUT2D eigenvalue weighted by Crippen LogP contribution is 2.34. The average molecular weight is 305 g/mol. The van der Waals surface area contributed by atoms with Gasteiger partial charge in [0.15, 0.2) is 6.10 Å². The standard InChI is InChI=1S/C20H17O3/c21-18(15-9-3-1-4-10-15)19(16-11-5-2-6-12-16)23-20(22)17-13-7-8-14-17/h1-14,18-19,21H/t18-,19-/m0/s1. The lowest BCUT2D eigenvalue weighted by Gasteiger charge is -2.25. The van der Waals surface area contributed by atoms with Crippen LogP contribution in [0.5, 0.6) is 0 Å². The molecule has 5 radical (unpaired) electrons. The molecule has 1 fully saturated rings. The number of aliphatic hydroxyl groups is 1. The molecule has 1 aliphatic rings. The smallest absolute Gasteiger partial charge is 0.314 e. The quantitative estimate of drug-likeness (QED) is 0.861. The second-order valence-corrected chi connectivity index (χ2v) is 5.27. The highest BCUT2D eigenvalue weighted by Gasteiger charge is 2.32. The molecule has 3 heteroatoms. The van der Waals surface area contributed by atoms with E-state index in [2.05, 4.69) is 0 Å². The minimum Gasteiger partial charge on any atom is -0.454 e. The monoisotopic (exact) mass is 305 g/mol. The topological polar surface area (TPSA) is 46.5 Å². The van der Waals surface area contributed by atoms with Gasteiger partial charge < -0.3 is 9.84 Å². The van der Waals surface area contributed by atoms with Crippen LogP contribution in [0.4, 0.5) is 0 Å². The Kier molecular flexibility index (Phi) is 5.09. The first kappa shape index (κ1) is 15.8. The van der Waals surface area contributed by atoms with Gasteiger partial charge >= 0.3 is 5.97 Å². The Hall–Kier alpha value is -2.13. The molecule has 0 spiro atoms. The maximum atomic E-state index is 12.3. The number of aliphatic hydroxyl groups excluding tert-OH is 1. The van der Waals surface area contributed by atoms with Gasteiger partial charge in [-0.2, -0.15) is 0 Å². The van der Waals surface area contributed by atoms with Crippen molar-refractivity contribution >= 4 is 5.97 Å². The normalized spacial score (nSPS) is 17.6. The number of hydrogen-bond acceptors (Lipinski definition) is 3. The average Bonchev–Trinajstić information content (AvgIpc) is 3.15. The van der Waals surface area contributed by atoms with Crippen LogP contribution < -0.4 is 0 Å². The van der Waals surface area contributed by atoms with E-state index in [-0.39, 0.29) is 0 Å². The predicted molar refractivity (Wildman–Crippen MR) is 87.1 cm³/mol. The van der Waals surface area contributed by atoms with E-state index in [0.29, 0.717) is 11.5 Å². The summed E-state index contributed by atoms with van der Waals surface area (Å²) in [4.78, 5) is 12.3. The van der Waals surface area contributed by atoms with Crippen molar-refractivity contribution in [1.29, 1.82) is 0 Å². The van der Waals surface area contributed by atoms with Crippen LogP contribution in [-0.2, 0) is 9.53 Å². The summed E-state index contributed by atoms with van der Waals surface area (Å²) in [5.74, 6) is 0.0324. The molecule has 2 aromatic carbocycles. The van der Waals surface area contributed by atoms with E-state index in [0.717, 1.165) is 5.56 Å². The molecule has 0 bridgehead atoms. The van der Waals surface area contributed by atoms with Crippen molar-refractivity contribution in [2.45, 2.75) is 12.2 Å². The van der Waals surface area contributed by atoms with Crippen molar-refractivity contribution < 1.29 is 14.6 Å². The van der Waals surface area contributed by atoms with Gasteiger partial charge in [0.2, 0.25) is 0 Å². The SMILES string of the molecule is O=C(O[C@@H](c1ccccc1)[C@@H](O)c1ccccc1)[C]1[CH][CH][CH][CH]1. The second kappa shape index (κ2) is 7.42. The minimum atomic E-state index is -0.933. The van der Waals surface area contributed by atoms with E-state index in [1.54, 1.807) is 25.7 Å². The largest absolute Gasteiger partial charge is 0.454 e. The number of carbonyl (C=O) groups is 1. The van der Waals surface area contributed by atoms with Crippen LogP contribution in [0.15, 0.2) is 60.7 Å². The van der Waals surface area contributed by atoms with Crippen molar-refractivity contribution in [1.82, 2.24) is 0 Å². The third-order valence-corrected chi connectivity index (χ3v) is 3.69. The van der Waals surface area contributed by atoms with E-state index >= 15 is 0 Å². The Morgan fingerprint density at radius 1 is 0.826 bits per heavy atom. The highest BCUT2D eigenvalue weighted by atomic mass is 16.6. The van der Waals surface area contributed by atoms with Crippen molar-refractivity contribution in [2.24, 2.45) is 0 Å². The predicted octanol–water partition coefficient (Wildman–Crippen LogP) is 3.41. The first-order valence-electron chi connectivity index (χ1n) is 7.46. The molecule has 1 aliphatic carbocycles. The van der Waals surface area contributed by atoms with E-state index in [4.69, 9.17) is 4.74 Å². The molecule has 0 unspecified atom stereocenters. The lowest BCUT2D eigenvalue weighted by molar-refractivity contribution is -0.152. The molecule has 0 aliphatic heterocycles. The number of rotatable bonds is 5. The van der Waals surface area contributed by atoms with Crippen LogP contribution in [0.25, 0.3) is 0 Å². The molecule has 1 saturated carbocycles. The van der Waals surface area contributed by atoms with Crippen LogP contribution in [-0.4, -0.2) is 11.1 Å². The zero-order valence-electron chi connectivity index (χ0n) is 12.5. The summed E-state index contributed by atoms with van der Waals surface area (Å²) in [7, 11) is 0. The zero-order valence-corrected chi connectivity index (χ0v) is 12.5. The van der Waals surface area contributed by atoms with Gasteiger partial charge in [0.1, 0.15) is 6.10 Å². The van der Waals surface area contributed by atoms with Gasteiger partial charge in [-0.25, -0.2) is 0 Å². The van der Waals surface area contributed by atoms with Crippen LogP contribution >= 0.6 is 0 Å². The molecule has 115 valence electrons. The number of hydrogen-bond donors (Lipinski definition) is 1. The van der Waals surface area contributed by atoms with Crippen LogP contribution in [0, 0.1) is 31.6 Å². The summed E-state index contributed by atoms with van der Waals surface area (Å²) in [5, 5.41) is 10.7. The van der Waals surface area contributed by atoms with Crippen molar-refractivity contribution in [3.8, 4) is 0 Å². The van der Waals surface area contributed by atoms with Crippen molar-refractivity contribution in [3.63, 3.8) is 0 Å². The molecule has 2 aromatic rings. The lowest BCUT2D eigenvalue weighted by Crippen LogP contribution is -2.22. The van der Waals surface area contributed by atoms with Crippen molar-refractivity contribution in [3.05, 3.63) is 103 Å². The van der Waals surface area contributed by atoms with E-state index in [1.807, 2.05) is 60.7 Å². The molecule has 1 N–H and O–H groups in total. The Morgan fingerprint density at radius 3 is 1.91 bits per heavy atom. The van der Waals surface area contributed by atoms with Gasteiger partial charge in [-0.05, 0) is 36.8 Å². The van der Waals surface area contributed by atoms with Gasteiger partial charge in [-0.1, -0.05) is 60.7 Å². The number of carbonyl (C=O) groups excluding carboxylic acids is 1. The fraction of sp³-hybridized carbons (Fsp3) is 0.100. The molecule has 23 heavy (non-hydrogen) atoms. The molecule has 3 nitrogen and oxygen atoms in total. The Bertz CT molecular complexity index is 618. The molecule has 0 amide bonds. The Balaban J connectivity index is 1.83. The Labute approximate surface area is 136 Å². The fourth-order valence-corrected chi connectivity index (χ4v) is 2.48. The highest BCUT2D eigenvalue weighted by molar-refractivity contribution is 5.91. The molecule has 0 aromatic heterocycles. The number of benzene rings is 2. The van der Waals surface area contributed by atoms with E-state index < -0.39 is 18.2 Å².